The Balaban J connectivity index is 2.32. The summed E-state index contributed by atoms with van der Waals surface area (Å²) in [6.07, 6.45) is 1.25. The third kappa shape index (κ3) is 4.45. The van der Waals surface area contributed by atoms with Crippen molar-refractivity contribution >= 4 is 5.91 Å². The predicted octanol–water partition coefficient (Wildman–Crippen LogP) is 1.91. The van der Waals surface area contributed by atoms with Crippen molar-refractivity contribution < 1.29 is 4.79 Å². The largest absolute Gasteiger partial charge is 0.370 e. The molecule has 1 atom stereocenters. The van der Waals surface area contributed by atoms with Gasteiger partial charge in [-0.3, -0.25) is 4.79 Å². The normalized spacial score (nSPS) is 12.4. The van der Waals surface area contributed by atoms with Crippen LogP contribution in [-0.2, 0) is 4.79 Å². The minimum Gasteiger partial charge on any atom is -0.370 e. The number of carbonyl (C=O) groups is 1. The van der Waals surface area contributed by atoms with Gasteiger partial charge in [-0.2, -0.15) is 0 Å². The van der Waals surface area contributed by atoms with Crippen LogP contribution in [0.4, 0.5) is 0 Å². The second-order valence-electron chi connectivity index (χ2n) is 4.16. The molecule has 0 spiro atoms. The number of hydrogen-bond donors (Lipinski definition) is 2. The topological polar surface area (TPSA) is 55.1 Å². The van der Waals surface area contributed by atoms with E-state index >= 15 is 0 Å². The molecule has 0 aromatic heterocycles. The lowest BCUT2D eigenvalue weighted by Gasteiger charge is -2.14. The molecule has 0 aliphatic heterocycles. The Morgan fingerprint density at radius 2 is 2.00 bits per heavy atom. The standard InChI is InChI=1S/C13H20N2O/c1-10-5-7-12(8-6-10)11(2)15-9-3-4-13(14)16/h5-8,11,15H,3-4,9H2,1-2H3,(H2,14,16). The van der Waals surface area contributed by atoms with Crippen LogP contribution in [0, 0.1) is 6.92 Å². The van der Waals surface area contributed by atoms with E-state index in [1.807, 2.05) is 0 Å². The third-order valence-corrected chi connectivity index (χ3v) is 2.63. The van der Waals surface area contributed by atoms with Crippen LogP contribution in [0.15, 0.2) is 24.3 Å². The van der Waals surface area contributed by atoms with Gasteiger partial charge < -0.3 is 11.1 Å². The van der Waals surface area contributed by atoms with Crippen LogP contribution in [0.3, 0.4) is 0 Å². The van der Waals surface area contributed by atoms with Gasteiger partial charge in [0.15, 0.2) is 0 Å². The minimum atomic E-state index is -0.232. The number of nitrogens with two attached hydrogens (primary N) is 1. The smallest absolute Gasteiger partial charge is 0.217 e. The maximum atomic E-state index is 10.5. The Hall–Kier alpha value is -1.35. The van der Waals surface area contributed by atoms with Crippen molar-refractivity contribution in [3.8, 4) is 0 Å². The van der Waals surface area contributed by atoms with Gasteiger partial charge in [-0.15, -0.1) is 0 Å². The van der Waals surface area contributed by atoms with E-state index in [4.69, 9.17) is 5.73 Å². The number of primary amides is 1. The molecule has 0 fully saturated rings. The Labute approximate surface area is 97.0 Å². The molecule has 1 rings (SSSR count). The average Bonchev–Trinajstić information content (AvgIpc) is 2.25. The molecule has 0 saturated heterocycles. The average molecular weight is 220 g/mol. The molecule has 0 radical (unpaired) electrons. The number of rotatable bonds is 6. The van der Waals surface area contributed by atoms with Crippen LogP contribution in [0.2, 0.25) is 0 Å². The van der Waals surface area contributed by atoms with Crippen LogP contribution >= 0.6 is 0 Å². The molecule has 16 heavy (non-hydrogen) atoms. The third-order valence-electron chi connectivity index (χ3n) is 2.63. The van der Waals surface area contributed by atoms with Gasteiger partial charge in [0.1, 0.15) is 0 Å². The maximum Gasteiger partial charge on any atom is 0.217 e. The van der Waals surface area contributed by atoms with Crippen LogP contribution in [0.1, 0.15) is 36.9 Å². The zero-order valence-electron chi connectivity index (χ0n) is 9.99. The summed E-state index contributed by atoms with van der Waals surface area (Å²) in [4.78, 5) is 10.5. The van der Waals surface area contributed by atoms with Crippen molar-refractivity contribution in [3.05, 3.63) is 35.4 Å². The summed E-state index contributed by atoms with van der Waals surface area (Å²) in [6.45, 7) is 5.02. The van der Waals surface area contributed by atoms with Crippen molar-refractivity contribution in [3.63, 3.8) is 0 Å². The first-order chi connectivity index (χ1) is 7.59. The molecule has 1 unspecified atom stereocenters. The lowest BCUT2D eigenvalue weighted by atomic mass is 10.1. The van der Waals surface area contributed by atoms with Crippen LogP contribution < -0.4 is 11.1 Å². The first-order valence-electron chi connectivity index (χ1n) is 5.68. The van der Waals surface area contributed by atoms with Gasteiger partial charge in [-0.05, 0) is 32.4 Å². The van der Waals surface area contributed by atoms with Gasteiger partial charge in [0.05, 0.1) is 0 Å². The van der Waals surface area contributed by atoms with Crippen LogP contribution in [0.25, 0.3) is 0 Å². The lowest BCUT2D eigenvalue weighted by molar-refractivity contribution is -0.118. The summed E-state index contributed by atoms with van der Waals surface area (Å²) in [5, 5.41) is 3.37. The molecule has 3 heteroatoms. The molecule has 3 nitrogen and oxygen atoms in total. The molecule has 0 heterocycles. The fraction of sp³-hybridized carbons (Fsp3) is 0.462. The monoisotopic (exact) mass is 220 g/mol. The van der Waals surface area contributed by atoms with E-state index in [1.165, 1.54) is 11.1 Å². The highest BCUT2D eigenvalue weighted by atomic mass is 16.1. The summed E-state index contributed by atoms with van der Waals surface area (Å²) in [6, 6.07) is 8.78. The quantitative estimate of drug-likeness (QED) is 0.719. The van der Waals surface area contributed by atoms with Gasteiger partial charge in [0, 0.05) is 12.5 Å². The second-order valence-corrected chi connectivity index (χ2v) is 4.16. The molecule has 1 amide bonds. The molecule has 0 saturated carbocycles. The molecule has 3 N–H and O–H groups in total. The van der Waals surface area contributed by atoms with Crippen LogP contribution in [-0.4, -0.2) is 12.5 Å². The number of nitrogens with one attached hydrogen (secondary N) is 1. The van der Waals surface area contributed by atoms with E-state index in [0.717, 1.165) is 13.0 Å². The molecule has 1 aromatic rings. The maximum absolute atomic E-state index is 10.5. The molecular formula is C13H20N2O. The Kier molecular flexibility index (Phi) is 4.99. The highest BCUT2D eigenvalue weighted by Gasteiger charge is 2.03. The predicted molar refractivity (Wildman–Crippen MR) is 66.0 cm³/mol. The highest BCUT2D eigenvalue weighted by Crippen LogP contribution is 2.12. The van der Waals surface area contributed by atoms with Crippen molar-refractivity contribution in [2.75, 3.05) is 6.54 Å². The number of hydrogen-bond acceptors (Lipinski definition) is 2. The van der Waals surface area contributed by atoms with E-state index in [2.05, 4.69) is 43.4 Å². The van der Waals surface area contributed by atoms with E-state index < -0.39 is 0 Å². The highest BCUT2D eigenvalue weighted by molar-refractivity contribution is 5.73. The summed E-state index contributed by atoms with van der Waals surface area (Å²) in [5.41, 5.74) is 7.61. The Morgan fingerprint density at radius 3 is 2.56 bits per heavy atom. The summed E-state index contributed by atoms with van der Waals surface area (Å²) in [5.74, 6) is -0.232. The summed E-state index contributed by atoms with van der Waals surface area (Å²) >= 11 is 0. The molecule has 1 aromatic carbocycles. The fourth-order valence-electron chi connectivity index (χ4n) is 1.55. The van der Waals surface area contributed by atoms with E-state index in [9.17, 15) is 4.79 Å². The first kappa shape index (κ1) is 12.7. The van der Waals surface area contributed by atoms with Crippen molar-refractivity contribution in [2.45, 2.75) is 32.7 Å². The number of aryl methyl sites for hydroxylation is 1. The lowest BCUT2D eigenvalue weighted by Crippen LogP contribution is -2.21. The second kappa shape index (κ2) is 6.28. The van der Waals surface area contributed by atoms with Gasteiger partial charge >= 0.3 is 0 Å². The van der Waals surface area contributed by atoms with Crippen LogP contribution in [0.5, 0.6) is 0 Å². The van der Waals surface area contributed by atoms with E-state index in [0.29, 0.717) is 12.5 Å². The summed E-state index contributed by atoms with van der Waals surface area (Å²) in [7, 11) is 0. The zero-order valence-corrected chi connectivity index (χ0v) is 9.99. The molecule has 0 aliphatic rings. The van der Waals surface area contributed by atoms with Gasteiger partial charge in [-0.25, -0.2) is 0 Å². The number of benzene rings is 1. The fourth-order valence-corrected chi connectivity index (χ4v) is 1.55. The van der Waals surface area contributed by atoms with Crippen molar-refractivity contribution in [1.29, 1.82) is 0 Å². The SMILES string of the molecule is Cc1ccc(C(C)NCCCC(N)=O)cc1. The molecule has 88 valence electrons. The molecule has 0 bridgehead atoms. The first-order valence-corrected chi connectivity index (χ1v) is 5.68. The van der Waals surface area contributed by atoms with Gasteiger partial charge in [-0.1, -0.05) is 29.8 Å². The van der Waals surface area contributed by atoms with Gasteiger partial charge in [0.25, 0.3) is 0 Å². The van der Waals surface area contributed by atoms with Crippen molar-refractivity contribution in [2.24, 2.45) is 5.73 Å². The van der Waals surface area contributed by atoms with E-state index in [-0.39, 0.29) is 5.91 Å². The minimum absolute atomic E-state index is 0.232. The Bertz CT molecular complexity index is 332. The molecular weight excluding hydrogens is 200 g/mol. The van der Waals surface area contributed by atoms with Gasteiger partial charge in [0.2, 0.25) is 5.91 Å². The van der Waals surface area contributed by atoms with E-state index in [1.54, 1.807) is 0 Å². The summed E-state index contributed by atoms with van der Waals surface area (Å²) < 4.78 is 0. The van der Waals surface area contributed by atoms with Crippen molar-refractivity contribution in [1.82, 2.24) is 5.32 Å². The number of carbonyl (C=O) groups excluding carboxylic acids is 1. The molecule has 0 aliphatic carbocycles. The Morgan fingerprint density at radius 1 is 1.38 bits per heavy atom. The number of amides is 1. The zero-order chi connectivity index (χ0) is 12.0.